The lowest BCUT2D eigenvalue weighted by Gasteiger charge is -2.47. The molecule has 8 heteroatoms. The van der Waals surface area contributed by atoms with Crippen LogP contribution in [0.15, 0.2) is 12.3 Å². The molecule has 3 atom stereocenters. The number of nitrogens with one attached hydrogen (secondary N) is 3. The summed E-state index contributed by atoms with van der Waals surface area (Å²) in [5.41, 5.74) is 0. The van der Waals surface area contributed by atoms with E-state index in [1.807, 2.05) is 6.20 Å². The van der Waals surface area contributed by atoms with Crippen LogP contribution in [0, 0.1) is 5.92 Å². The third kappa shape index (κ3) is 7.34. The highest BCUT2D eigenvalue weighted by Gasteiger charge is 2.36. The summed E-state index contributed by atoms with van der Waals surface area (Å²) < 4.78 is 0. The summed E-state index contributed by atoms with van der Waals surface area (Å²) in [4.78, 5) is 27.7. The number of rotatable bonds is 8. The summed E-state index contributed by atoms with van der Waals surface area (Å²) in [6, 6.07) is 3.44. The summed E-state index contributed by atoms with van der Waals surface area (Å²) in [6.45, 7) is 5.95. The number of carbonyl (C=O) groups is 1. The molecule has 4 fully saturated rings. The van der Waals surface area contributed by atoms with Gasteiger partial charge in [0.2, 0.25) is 11.9 Å². The normalized spacial score (nSPS) is 28.4. The van der Waals surface area contributed by atoms with E-state index in [0.717, 1.165) is 70.2 Å². The molecule has 2 unspecified atom stereocenters. The van der Waals surface area contributed by atoms with Crippen molar-refractivity contribution in [3.05, 3.63) is 12.3 Å². The molecule has 8 nitrogen and oxygen atoms in total. The molecule has 0 radical (unpaired) electrons. The van der Waals surface area contributed by atoms with E-state index in [4.69, 9.17) is 4.98 Å². The first-order chi connectivity index (χ1) is 18.3. The van der Waals surface area contributed by atoms with Crippen molar-refractivity contribution in [1.29, 1.82) is 0 Å². The zero-order valence-corrected chi connectivity index (χ0v) is 22.8. The molecule has 37 heavy (non-hydrogen) atoms. The van der Waals surface area contributed by atoms with Gasteiger partial charge in [-0.05, 0) is 76.9 Å². The van der Waals surface area contributed by atoms with Crippen molar-refractivity contribution in [3.8, 4) is 0 Å². The fourth-order valence-electron chi connectivity index (χ4n) is 7.11. The van der Waals surface area contributed by atoms with Crippen molar-refractivity contribution < 1.29 is 4.79 Å². The van der Waals surface area contributed by atoms with Gasteiger partial charge in [0, 0.05) is 50.5 Å². The maximum atomic E-state index is 12.8. The van der Waals surface area contributed by atoms with Crippen LogP contribution in [0.25, 0.3) is 0 Å². The SMILES string of the molecule is O=C(NCCC1C(Nc2nccc(N3CCCCCC3)n2)CCCN1C1CCCCC1)[C@@H]1CCCNC1. The van der Waals surface area contributed by atoms with Crippen molar-refractivity contribution >= 4 is 17.7 Å². The first-order valence-corrected chi connectivity index (χ1v) is 15.4. The predicted molar refractivity (Wildman–Crippen MR) is 150 cm³/mol. The molecule has 5 rings (SSSR count). The lowest BCUT2D eigenvalue weighted by Crippen LogP contribution is -2.56. The number of aromatic nitrogens is 2. The third-order valence-electron chi connectivity index (χ3n) is 9.16. The minimum Gasteiger partial charge on any atom is -0.356 e. The van der Waals surface area contributed by atoms with Crippen LogP contribution < -0.4 is 20.9 Å². The van der Waals surface area contributed by atoms with E-state index >= 15 is 0 Å². The smallest absolute Gasteiger partial charge is 0.224 e. The minimum atomic E-state index is 0.124. The quantitative estimate of drug-likeness (QED) is 0.487. The maximum absolute atomic E-state index is 12.8. The van der Waals surface area contributed by atoms with Gasteiger partial charge < -0.3 is 20.9 Å². The fraction of sp³-hybridized carbons (Fsp3) is 0.828. The maximum Gasteiger partial charge on any atom is 0.224 e. The van der Waals surface area contributed by atoms with Gasteiger partial charge >= 0.3 is 0 Å². The molecular weight excluding hydrogens is 462 g/mol. The molecule has 4 aliphatic rings. The summed E-state index contributed by atoms with van der Waals surface area (Å²) in [5, 5.41) is 10.5. The second kappa shape index (κ2) is 13.7. The Hall–Kier alpha value is -1.93. The number of nitrogens with zero attached hydrogens (tertiary/aromatic N) is 4. The molecule has 1 aromatic heterocycles. The van der Waals surface area contributed by atoms with Gasteiger partial charge in [-0.2, -0.15) is 4.98 Å². The lowest BCUT2D eigenvalue weighted by molar-refractivity contribution is -0.125. The molecule has 1 saturated carbocycles. The number of hydrogen-bond acceptors (Lipinski definition) is 7. The number of piperidine rings is 2. The largest absolute Gasteiger partial charge is 0.356 e. The van der Waals surface area contributed by atoms with Gasteiger partial charge in [0.15, 0.2) is 0 Å². The summed E-state index contributed by atoms with van der Waals surface area (Å²) in [5.74, 6) is 2.17. The van der Waals surface area contributed by atoms with Gasteiger partial charge in [-0.15, -0.1) is 0 Å². The van der Waals surface area contributed by atoms with E-state index in [9.17, 15) is 4.79 Å². The van der Waals surface area contributed by atoms with Gasteiger partial charge in [0.05, 0.1) is 5.92 Å². The standard InChI is InChI=1S/C29H49N7O/c37-28(23-10-8-16-30-22-23)31-17-14-26-25(13-9-21-36(26)24-11-4-3-5-12-24)33-29-32-18-15-27(34-29)35-19-6-1-2-7-20-35/h15,18,23-26,30H,1-14,16-17,19-22H2,(H,31,37)(H,32,33,34)/t23-,25?,26?/m1/s1. The Morgan fingerprint density at radius 2 is 1.76 bits per heavy atom. The molecule has 0 spiro atoms. The number of anilines is 2. The summed E-state index contributed by atoms with van der Waals surface area (Å²) in [7, 11) is 0. The highest BCUT2D eigenvalue weighted by molar-refractivity contribution is 5.78. The van der Waals surface area contributed by atoms with E-state index in [1.54, 1.807) is 0 Å². The Kier molecular flexibility index (Phi) is 9.91. The topological polar surface area (TPSA) is 85.4 Å². The summed E-state index contributed by atoms with van der Waals surface area (Å²) in [6.07, 6.45) is 19.2. The molecule has 206 valence electrons. The average molecular weight is 512 g/mol. The molecule has 1 aromatic rings. The number of likely N-dealkylation sites (tertiary alicyclic amines) is 1. The monoisotopic (exact) mass is 511 g/mol. The number of hydrogen-bond donors (Lipinski definition) is 3. The Bertz CT molecular complexity index is 831. The Morgan fingerprint density at radius 3 is 2.54 bits per heavy atom. The second-order valence-corrected chi connectivity index (χ2v) is 11.8. The van der Waals surface area contributed by atoms with Gasteiger partial charge in [0.1, 0.15) is 5.82 Å². The molecule has 3 saturated heterocycles. The van der Waals surface area contributed by atoms with E-state index in [1.165, 1.54) is 70.8 Å². The van der Waals surface area contributed by atoms with E-state index in [-0.39, 0.29) is 11.8 Å². The van der Waals surface area contributed by atoms with Crippen LogP contribution in [0.2, 0.25) is 0 Å². The van der Waals surface area contributed by atoms with Gasteiger partial charge in [-0.3, -0.25) is 9.69 Å². The predicted octanol–water partition coefficient (Wildman–Crippen LogP) is 3.94. The van der Waals surface area contributed by atoms with Crippen molar-refractivity contribution in [1.82, 2.24) is 25.5 Å². The average Bonchev–Trinajstić information content (AvgIpc) is 3.25. The first kappa shape index (κ1) is 26.7. The fourth-order valence-corrected chi connectivity index (χ4v) is 7.11. The third-order valence-corrected chi connectivity index (χ3v) is 9.16. The molecule has 3 aliphatic heterocycles. The van der Waals surface area contributed by atoms with Crippen molar-refractivity contribution in [2.75, 3.05) is 49.5 Å². The summed E-state index contributed by atoms with van der Waals surface area (Å²) >= 11 is 0. The number of amides is 1. The zero-order valence-electron chi connectivity index (χ0n) is 22.8. The van der Waals surface area contributed by atoms with Crippen LogP contribution >= 0.6 is 0 Å². The van der Waals surface area contributed by atoms with Crippen LogP contribution in [0.4, 0.5) is 11.8 Å². The van der Waals surface area contributed by atoms with Gasteiger partial charge in [-0.25, -0.2) is 4.98 Å². The van der Waals surface area contributed by atoms with Crippen LogP contribution in [0.1, 0.15) is 89.9 Å². The zero-order chi connectivity index (χ0) is 25.3. The highest BCUT2D eigenvalue weighted by atomic mass is 16.1. The molecule has 3 N–H and O–H groups in total. The Labute approximate surface area is 223 Å². The molecule has 1 amide bonds. The van der Waals surface area contributed by atoms with Crippen LogP contribution in [0.3, 0.4) is 0 Å². The van der Waals surface area contributed by atoms with Crippen molar-refractivity contribution in [2.45, 2.75) is 108 Å². The van der Waals surface area contributed by atoms with Gasteiger partial charge in [-0.1, -0.05) is 32.1 Å². The lowest BCUT2D eigenvalue weighted by atomic mass is 9.87. The highest BCUT2D eigenvalue weighted by Crippen LogP contribution is 2.31. The van der Waals surface area contributed by atoms with E-state index in [0.29, 0.717) is 18.1 Å². The Balaban J connectivity index is 1.25. The van der Waals surface area contributed by atoms with Crippen LogP contribution in [-0.2, 0) is 4.79 Å². The van der Waals surface area contributed by atoms with Crippen LogP contribution in [0.5, 0.6) is 0 Å². The van der Waals surface area contributed by atoms with Crippen molar-refractivity contribution in [3.63, 3.8) is 0 Å². The second-order valence-electron chi connectivity index (χ2n) is 11.8. The molecule has 0 aromatic carbocycles. The molecular formula is C29H49N7O. The Morgan fingerprint density at radius 1 is 0.946 bits per heavy atom. The van der Waals surface area contributed by atoms with E-state index in [2.05, 4.69) is 36.8 Å². The molecule has 4 heterocycles. The molecule has 1 aliphatic carbocycles. The van der Waals surface area contributed by atoms with Crippen LogP contribution in [-0.4, -0.2) is 78.2 Å². The van der Waals surface area contributed by atoms with E-state index < -0.39 is 0 Å². The number of carbonyl (C=O) groups excluding carboxylic acids is 1. The van der Waals surface area contributed by atoms with Gasteiger partial charge in [0.25, 0.3) is 0 Å². The minimum absolute atomic E-state index is 0.124. The first-order valence-electron chi connectivity index (χ1n) is 15.4. The molecule has 0 bridgehead atoms. The van der Waals surface area contributed by atoms with Crippen molar-refractivity contribution in [2.24, 2.45) is 5.92 Å².